The Balaban J connectivity index is 1.64. The van der Waals surface area contributed by atoms with E-state index in [2.05, 4.69) is 18.3 Å². The molecule has 1 radical (unpaired) electrons. The minimum Gasteiger partial charge on any atom is -0.508 e. The second-order valence-corrected chi connectivity index (χ2v) is 11.1. The summed E-state index contributed by atoms with van der Waals surface area (Å²) in [4.78, 5) is 13.2. The number of sulfone groups is 1. The number of carbonyl (C=O) groups excluding carboxylic acids is 1. The Labute approximate surface area is 220 Å². The lowest BCUT2D eigenvalue weighted by Gasteiger charge is -2.19. The van der Waals surface area contributed by atoms with Crippen molar-refractivity contribution < 1.29 is 23.1 Å². The number of amides is 1. The normalized spacial score (nSPS) is 12.1. The number of anilines is 1. The number of hydrogen-bond donors (Lipinski definition) is 2. The molecule has 1 unspecified atom stereocenters. The monoisotopic (exact) mass is 522 g/mol. The highest BCUT2D eigenvalue weighted by molar-refractivity contribution is 7.91. The van der Waals surface area contributed by atoms with Gasteiger partial charge in [-0.05, 0) is 67.4 Å². The number of nitrogens with one attached hydrogen (secondary N) is 1. The molecule has 0 fully saturated rings. The van der Waals surface area contributed by atoms with Crippen molar-refractivity contribution >= 4 is 21.4 Å². The van der Waals surface area contributed by atoms with Crippen LogP contribution in [-0.4, -0.2) is 25.5 Å². The van der Waals surface area contributed by atoms with Gasteiger partial charge in [-0.1, -0.05) is 70.1 Å². The number of phenolic OH excluding ortho intramolecular Hbond substituents is 1. The lowest BCUT2D eigenvalue weighted by atomic mass is 10.1. The van der Waals surface area contributed by atoms with Crippen LogP contribution in [0.2, 0.25) is 0 Å². The fourth-order valence-electron chi connectivity index (χ4n) is 4.01. The van der Waals surface area contributed by atoms with E-state index in [1.54, 1.807) is 24.3 Å². The number of phenols is 1. The summed E-state index contributed by atoms with van der Waals surface area (Å²) in [6.07, 6.45) is 9.10. The van der Waals surface area contributed by atoms with Crippen LogP contribution in [0.5, 0.6) is 11.5 Å². The first-order valence-corrected chi connectivity index (χ1v) is 14.5. The largest absolute Gasteiger partial charge is 0.508 e. The molecule has 0 saturated carbocycles. The quantitative estimate of drug-likeness (QED) is 0.211. The van der Waals surface area contributed by atoms with Gasteiger partial charge in [0.25, 0.3) is 5.91 Å². The number of carbonyl (C=O) groups is 1. The Morgan fingerprint density at radius 3 is 2.05 bits per heavy atom. The van der Waals surface area contributed by atoms with Crippen LogP contribution in [0, 0.1) is 6.07 Å². The second kappa shape index (κ2) is 14.4. The van der Waals surface area contributed by atoms with Crippen molar-refractivity contribution in [3.05, 3.63) is 78.9 Å². The maximum atomic E-state index is 13.0. The highest BCUT2D eigenvalue weighted by Crippen LogP contribution is 2.25. The van der Waals surface area contributed by atoms with E-state index in [1.807, 2.05) is 12.1 Å². The average molecular weight is 523 g/mol. The predicted octanol–water partition coefficient (Wildman–Crippen LogP) is 6.94. The molecule has 197 valence electrons. The average Bonchev–Trinajstić information content (AvgIpc) is 2.90. The van der Waals surface area contributed by atoms with E-state index in [4.69, 9.17) is 4.74 Å². The van der Waals surface area contributed by atoms with Gasteiger partial charge in [-0.3, -0.25) is 4.79 Å². The molecule has 0 bridgehead atoms. The Morgan fingerprint density at radius 1 is 0.865 bits per heavy atom. The first-order chi connectivity index (χ1) is 17.9. The topological polar surface area (TPSA) is 92.7 Å². The molecule has 3 aromatic rings. The zero-order valence-corrected chi connectivity index (χ0v) is 22.2. The van der Waals surface area contributed by atoms with E-state index in [9.17, 15) is 18.3 Å². The summed E-state index contributed by atoms with van der Waals surface area (Å²) in [7, 11) is -3.74. The van der Waals surface area contributed by atoms with E-state index in [-0.39, 0.29) is 21.4 Å². The van der Waals surface area contributed by atoms with Crippen LogP contribution < -0.4 is 10.1 Å². The van der Waals surface area contributed by atoms with Crippen LogP contribution in [0.1, 0.15) is 64.7 Å². The number of benzene rings is 3. The van der Waals surface area contributed by atoms with Crippen molar-refractivity contribution in [3.8, 4) is 11.5 Å². The van der Waals surface area contributed by atoms with Gasteiger partial charge in [0, 0.05) is 11.8 Å². The molecule has 37 heavy (non-hydrogen) atoms. The van der Waals surface area contributed by atoms with Crippen LogP contribution in [0.15, 0.2) is 82.6 Å². The van der Waals surface area contributed by atoms with Crippen LogP contribution in [-0.2, 0) is 14.6 Å². The number of rotatable bonds is 15. The van der Waals surface area contributed by atoms with Crippen molar-refractivity contribution in [2.75, 3.05) is 5.32 Å². The molecule has 0 aliphatic heterocycles. The molecule has 0 aliphatic carbocycles. The maximum Gasteiger partial charge on any atom is 0.265 e. The van der Waals surface area contributed by atoms with E-state index in [1.165, 1.54) is 68.5 Å². The van der Waals surface area contributed by atoms with Crippen LogP contribution in [0.4, 0.5) is 5.69 Å². The second-order valence-electron chi connectivity index (χ2n) is 9.10. The van der Waals surface area contributed by atoms with E-state index in [0.29, 0.717) is 17.9 Å². The Hall–Kier alpha value is -3.32. The Kier molecular flexibility index (Phi) is 11.0. The summed E-state index contributed by atoms with van der Waals surface area (Å²) >= 11 is 0. The molecule has 0 spiro atoms. The summed E-state index contributed by atoms with van der Waals surface area (Å²) in [5.74, 6) is 0.157. The highest BCUT2D eigenvalue weighted by atomic mass is 32.2. The summed E-state index contributed by atoms with van der Waals surface area (Å²) in [5, 5.41) is 12.3. The van der Waals surface area contributed by atoms with Crippen LogP contribution >= 0.6 is 0 Å². The first kappa shape index (κ1) is 28.3. The highest BCUT2D eigenvalue weighted by Gasteiger charge is 2.22. The van der Waals surface area contributed by atoms with Crippen molar-refractivity contribution in [2.24, 2.45) is 0 Å². The minimum atomic E-state index is -3.74. The van der Waals surface area contributed by atoms with Crippen LogP contribution in [0.3, 0.4) is 0 Å². The molecule has 1 amide bonds. The SMILES string of the molecule is CCCCCCCCCCC(Oc1ccc(S(=O)(=O)c2ccc(O)cc2)cc1)C(=O)Nc1[c]cccc1. The number of ether oxygens (including phenoxy) is 1. The van der Waals surface area contributed by atoms with Crippen molar-refractivity contribution in [2.45, 2.75) is 80.6 Å². The maximum absolute atomic E-state index is 13.0. The number of aromatic hydroxyl groups is 1. The summed E-state index contributed by atoms with van der Waals surface area (Å²) in [6, 6.07) is 21.6. The predicted molar refractivity (Wildman–Crippen MR) is 146 cm³/mol. The molecule has 0 heterocycles. The lowest BCUT2D eigenvalue weighted by molar-refractivity contribution is -0.123. The van der Waals surface area contributed by atoms with Gasteiger partial charge in [-0.25, -0.2) is 8.42 Å². The number of para-hydroxylation sites is 1. The van der Waals surface area contributed by atoms with Gasteiger partial charge in [0.1, 0.15) is 11.5 Å². The molecule has 6 nitrogen and oxygen atoms in total. The zero-order valence-electron chi connectivity index (χ0n) is 21.4. The fourth-order valence-corrected chi connectivity index (χ4v) is 5.28. The fraction of sp³-hybridized carbons (Fsp3) is 0.367. The van der Waals surface area contributed by atoms with Crippen molar-refractivity contribution in [1.82, 2.24) is 0 Å². The standard InChI is InChI=1S/C30H36NO5S/c1-2-3-4-5-6-7-8-12-15-29(30(33)31-24-13-10-9-11-14-24)36-26-18-22-28(23-19-26)37(34,35)27-20-16-25(32)17-21-27/h9-11,13,16-23,29,32H,2-8,12,15H2,1H3,(H,31,33). The molecular formula is C30H36NO5S. The van der Waals surface area contributed by atoms with Crippen molar-refractivity contribution in [1.29, 1.82) is 0 Å². The van der Waals surface area contributed by atoms with E-state index >= 15 is 0 Å². The smallest absolute Gasteiger partial charge is 0.265 e. The van der Waals surface area contributed by atoms with Crippen LogP contribution in [0.25, 0.3) is 0 Å². The third-order valence-corrected chi connectivity index (χ3v) is 7.92. The molecule has 3 aromatic carbocycles. The summed E-state index contributed by atoms with van der Waals surface area (Å²) in [5.41, 5.74) is 0.576. The Morgan fingerprint density at radius 2 is 1.46 bits per heavy atom. The molecular weight excluding hydrogens is 486 g/mol. The number of hydrogen-bond acceptors (Lipinski definition) is 5. The van der Waals surface area contributed by atoms with Crippen molar-refractivity contribution in [3.63, 3.8) is 0 Å². The minimum absolute atomic E-state index is 0.00314. The third kappa shape index (κ3) is 8.93. The van der Waals surface area contributed by atoms with E-state index < -0.39 is 15.9 Å². The molecule has 2 N–H and O–H groups in total. The van der Waals surface area contributed by atoms with Gasteiger partial charge in [0.05, 0.1) is 9.79 Å². The van der Waals surface area contributed by atoms with E-state index in [0.717, 1.165) is 19.3 Å². The third-order valence-electron chi connectivity index (χ3n) is 6.14. The Bertz CT molecular complexity index is 1190. The zero-order chi connectivity index (χ0) is 26.5. The molecule has 3 rings (SSSR count). The molecule has 0 aromatic heterocycles. The molecule has 7 heteroatoms. The molecule has 1 atom stereocenters. The summed E-state index contributed by atoms with van der Waals surface area (Å²) in [6.45, 7) is 2.21. The summed E-state index contributed by atoms with van der Waals surface area (Å²) < 4.78 is 31.8. The van der Waals surface area contributed by atoms with Gasteiger partial charge >= 0.3 is 0 Å². The number of unbranched alkanes of at least 4 members (excludes halogenated alkanes) is 7. The lowest BCUT2D eigenvalue weighted by Crippen LogP contribution is -2.33. The molecule has 0 saturated heterocycles. The molecule has 0 aliphatic rings. The van der Waals surface area contributed by atoms with Gasteiger partial charge < -0.3 is 15.2 Å². The van der Waals surface area contributed by atoms with Gasteiger partial charge in [-0.2, -0.15) is 0 Å². The first-order valence-electron chi connectivity index (χ1n) is 13.0. The van der Waals surface area contributed by atoms with Gasteiger partial charge in [-0.15, -0.1) is 0 Å². The van der Waals surface area contributed by atoms with Gasteiger partial charge in [0.2, 0.25) is 9.84 Å². The van der Waals surface area contributed by atoms with Gasteiger partial charge in [0.15, 0.2) is 6.10 Å².